The van der Waals surface area contributed by atoms with Crippen LogP contribution in [0.4, 0.5) is 4.79 Å². The van der Waals surface area contributed by atoms with Gasteiger partial charge in [-0.1, -0.05) is 24.3 Å². The summed E-state index contributed by atoms with van der Waals surface area (Å²) in [6, 6.07) is 17.1. The normalized spacial score (nSPS) is 38.1. The van der Waals surface area contributed by atoms with Gasteiger partial charge < -0.3 is 19.7 Å². The predicted octanol–water partition coefficient (Wildman–Crippen LogP) is 4.15. The highest BCUT2D eigenvalue weighted by Crippen LogP contribution is 2.74. The molecule has 2 aromatic carbocycles. The van der Waals surface area contributed by atoms with Crippen molar-refractivity contribution in [1.82, 2.24) is 10.2 Å². The number of likely N-dealkylation sites (tertiary alicyclic amines) is 1. The van der Waals surface area contributed by atoms with Gasteiger partial charge in [0.25, 0.3) is 0 Å². The number of para-hydroxylation sites is 1. The predicted molar refractivity (Wildman–Crippen MR) is 121 cm³/mol. The van der Waals surface area contributed by atoms with Gasteiger partial charge in [-0.05, 0) is 91.3 Å². The number of nitrogens with one attached hydrogen (secondary N) is 1. The van der Waals surface area contributed by atoms with E-state index in [-0.39, 0.29) is 17.6 Å². The van der Waals surface area contributed by atoms with Crippen LogP contribution in [0.3, 0.4) is 0 Å². The molecular formula is C27H30N2O3. The van der Waals surface area contributed by atoms with Gasteiger partial charge in [-0.2, -0.15) is 0 Å². The minimum Gasteiger partial charge on any atom is -0.497 e. The molecule has 0 spiro atoms. The molecule has 7 rings (SSSR count). The number of methoxy groups -OCH3 is 1. The summed E-state index contributed by atoms with van der Waals surface area (Å²) >= 11 is 0. The largest absolute Gasteiger partial charge is 0.497 e. The van der Waals surface area contributed by atoms with Crippen LogP contribution in [0, 0.1) is 17.3 Å². The zero-order valence-corrected chi connectivity index (χ0v) is 18.5. The lowest BCUT2D eigenvalue weighted by molar-refractivity contribution is -0.0448. The first-order valence-electron chi connectivity index (χ1n) is 12.1. The Balaban J connectivity index is 1.31. The Hall–Kier alpha value is -2.53. The first kappa shape index (κ1) is 19.0. The lowest BCUT2D eigenvalue weighted by Crippen LogP contribution is -2.69. The van der Waals surface area contributed by atoms with Gasteiger partial charge in [-0.15, -0.1) is 0 Å². The molecule has 2 heterocycles. The summed E-state index contributed by atoms with van der Waals surface area (Å²) in [6.07, 6.45) is 5.59. The maximum atomic E-state index is 13.3. The molecule has 0 aromatic heterocycles. The van der Waals surface area contributed by atoms with Crippen molar-refractivity contribution in [2.75, 3.05) is 20.2 Å². The molecule has 5 aliphatic rings. The number of hydrogen-bond donors (Lipinski definition) is 1. The Morgan fingerprint density at radius 3 is 2.84 bits per heavy atom. The van der Waals surface area contributed by atoms with Crippen LogP contribution in [0.25, 0.3) is 0 Å². The maximum Gasteiger partial charge on any atom is 0.415 e. The molecule has 5 heteroatoms. The number of benzene rings is 2. The highest BCUT2D eigenvalue weighted by Gasteiger charge is 2.75. The van der Waals surface area contributed by atoms with E-state index in [0.29, 0.717) is 29.0 Å². The zero-order chi connectivity index (χ0) is 21.5. The van der Waals surface area contributed by atoms with E-state index in [1.165, 1.54) is 24.0 Å². The second kappa shape index (κ2) is 6.50. The van der Waals surface area contributed by atoms with Gasteiger partial charge in [0.2, 0.25) is 0 Å². The lowest BCUT2D eigenvalue weighted by Gasteiger charge is -2.64. The monoisotopic (exact) mass is 430 g/mol. The zero-order valence-electron chi connectivity index (χ0n) is 18.5. The molecule has 32 heavy (non-hydrogen) atoms. The van der Waals surface area contributed by atoms with Crippen LogP contribution in [-0.2, 0) is 11.8 Å². The fraction of sp³-hybridized carbons (Fsp3) is 0.519. The Morgan fingerprint density at radius 2 is 2.00 bits per heavy atom. The van der Waals surface area contributed by atoms with E-state index in [0.717, 1.165) is 38.1 Å². The molecule has 2 saturated carbocycles. The summed E-state index contributed by atoms with van der Waals surface area (Å²) in [4.78, 5) is 15.4. The molecule has 5 nitrogen and oxygen atoms in total. The van der Waals surface area contributed by atoms with Gasteiger partial charge in [0.05, 0.1) is 7.11 Å². The van der Waals surface area contributed by atoms with E-state index >= 15 is 0 Å². The maximum absolute atomic E-state index is 13.3. The van der Waals surface area contributed by atoms with Crippen LogP contribution in [0.5, 0.6) is 11.5 Å². The number of piperidine rings is 1. The fourth-order valence-electron chi connectivity index (χ4n) is 8.87. The van der Waals surface area contributed by atoms with Gasteiger partial charge in [-0.25, -0.2) is 4.79 Å². The fourth-order valence-corrected chi connectivity index (χ4v) is 8.87. The summed E-state index contributed by atoms with van der Waals surface area (Å²) in [5.41, 5.74) is 3.45. The first-order valence-corrected chi connectivity index (χ1v) is 12.1. The van der Waals surface area contributed by atoms with E-state index in [2.05, 4.69) is 28.4 Å². The number of carbonyl (C=O) groups is 1. The van der Waals surface area contributed by atoms with E-state index in [4.69, 9.17) is 9.47 Å². The van der Waals surface area contributed by atoms with Crippen LogP contribution >= 0.6 is 0 Å². The number of amides is 1. The number of ether oxygens (including phenoxy) is 2. The molecule has 2 aromatic rings. The average Bonchev–Trinajstić information content (AvgIpc) is 3.26. The van der Waals surface area contributed by atoms with E-state index < -0.39 is 0 Å². The van der Waals surface area contributed by atoms with Crippen molar-refractivity contribution in [1.29, 1.82) is 0 Å². The average molecular weight is 431 g/mol. The standard InChI is InChI=1S/C27H30N2O3/c1-31-20-8-7-17-13-23-26-10-9-22-24(27(26,11-12-28-23)21(17)14-20)18(15-26)16-29(22)25(30)32-19-5-3-2-4-6-19/h2-8,14,18,22-24,28H,9-13,15-16H2,1H3/t18-,22?,23?,24?,26?,27?/m1/s1. The Morgan fingerprint density at radius 1 is 1.12 bits per heavy atom. The molecule has 1 N–H and O–H groups in total. The van der Waals surface area contributed by atoms with Crippen LogP contribution in [0.2, 0.25) is 0 Å². The molecule has 166 valence electrons. The van der Waals surface area contributed by atoms with Crippen molar-refractivity contribution in [3.63, 3.8) is 0 Å². The van der Waals surface area contributed by atoms with Crippen LogP contribution in [0.1, 0.15) is 36.8 Å². The number of rotatable bonds is 2. The second-order valence-electron chi connectivity index (χ2n) is 10.5. The van der Waals surface area contributed by atoms with Crippen molar-refractivity contribution in [2.45, 2.75) is 49.6 Å². The number of hydrogen-bond acceptors (Lipinski definition) is 4. The van der Waals surface area contributed by atoms with E-state index in [9.17, 15) is 4.79 Å². The number of carbonyl (C=O) groups excluding carboxylic acids is 1. The smallest absolute Gasteiger partial charge is 0.415 e. The third-order valence-electron chi connectivity index (χ3n) is 9.71. The van der Waals surface area contributed by atoms with E-state index in [1.807, 2.05) is 30.3 Å². The van der Waals surface area contributed by atoms with Crippen molar-refractivity contribution >= 4 is 6.09 Å². The Bertz CT molecular complexity index is 1090. The SMILES string of the molecule is COc1ccc2c(c1)C13CCNC(C2)C12CCC1C3[C@@H](CN1C(=O)Oc1ccccc1)C2. The third-order valence-corrected chi connectivity index (χ3v) is 9.71. The summed E-state index contributed by atoms with van der Waals surface area (Å²) in [7, 11) is 1.77. The molecular weight excluding hydrogens is 400 g/mol. The molecule has 2 aliphatic heterocycles. The topological polar surface area (TPSA) is 50.8 Å². The van der Waals surface area contributed by atoms with Gasteiger partial charge in [-0.3, -0.25) is 0 Å². The first-order chi connectivity index (χ1) is 15.7. The van der Waals surface area contributed by atoms with E-state index in [1.54, 1.807) is 7.11 Å². The molecule has 3 aliphatic carbocycles. The van der Waals surface area contributed by atoms with Gasteiger partial charge >= 0.3 is 6.09 Å². The Labute approximate surface area is 189 Å². The third kappa shape index (κ3) is 2.20. The number of nitrogens with zero attached hydrogens (tertiary/aromatic N) is 1. The van der Waals surface area contributed by atoms with Crippen molar-refractivity contribution < 1.29 is 14.3 Å². The lowest BCUT2D eigenvalue weighted by atomic mass is 9.44. The van der Waals surface area contributed by atoms with Gasteiger partial charge in [0.1, 0.15) is 11.5 Å². The Kier molecular flexibility index (Phi) is 3.86. The van der Waals surface area contributed by atoms with Crippen molar-refractivity contribution in [2.24, 2.45) is 17.3 Å². The minimum absolute atomic E-state index is 0.139. The minimum atomic E-state index is -0.174. The molecule has 2 saturated heterocycles. The van der Waals surface area contributed by atoms with Gasteiger partial charge in [0, 0.05) is 24.0 Å². The van der Waals surface area contributed by atoms with Crippen molar-refractivity contribution in [3.05, 3.63) is 59.7 Å². The quantitative estimate of drug-likeness (QED) is 0.778. The summed E-state index contributed by atoms with van der Waals surface area (Å²) in [6.45, 7) is 1.89. The molecule has 0 radical (unpaired) electrons. The van der Waals surface area contributed by atoms with Crippen LogP contribution < -0.4 is 14.8 Å². The molecule has 5 unspecified atom stereocenters. The molecule has 6 atom stereocenters. The number of fused-ring (bicyclic) bond motifs is 1. The molecule has 4 bridgehead atoms. The van der Waals surface area contributed by atoms with Gasteiger partial charge in [0.15, 0.2) is 0 Å². The summed E-state index contributed by atoms with van der Waals surface area (Å²) in [5.74, 6) is 2.65. The second-order valence-corrected chi connectivity index (χ2v) is 10.5. The van der Waals surface area contributed by atoms with Crippen molar-refractivity contribution in [3.8, 4) is 11.5 Å². The highest BCUT2D eigenvalue weighted by molar-refractivity contribution is 5.72. The van der Waals surface area contributed by atoms with Crippen LogP contribution in [-0.4, -0.2) is 43.3 Å². The summed E-state index contributed by atoms with van der Waals surface area (Å²) < 4.78 is 11.5. The van der Waals surface area contributed by atoms with Crippen LogP contribution in [0.15, 0.2) is 48.5 Å². The highest BCUT2D eigenvalue weighted by atomic mass is 16.6. The molecule has 4 fully saturated rings. The summed E-state index contributed by atoms with van der Waals surface area (Å²) in [5, 5.41) is 3.92. The molecule has 1 amide bonds.